The smallest absolute Gasteiger partial charge is 0.419 e. The van der Waals surface area contributed by atoms with Crippen LogP contribution < -0.4 is 5.73 Å². The Morgan fingerprint density at radius 2 is 1.83 bits per heavy atom. The van der Waals surface area contributed by atoms with Crippen LogP contribution >= 0.6 is 11.6 Å². The number of aromatic nitrogens is 1. The van der Waals surface area contributed by atoms with Crippen molar-refractivity contribution >= 4 is 40.4 Å². The Balaban J connectivity index is 1.41. The molecule has 2 N–H and O–H groups in total. The molecule has 2 aromatic rings. The van der Waals surface area contributed by atoms with Crippen molar-refractivity contribution in [2.24, 2.45) is 17.1 Å². The van der Waals surface area contributed by atoms with Crippen LogP contribution in [0.15, 0.2) is 24.4 Å². The highest BCUT2D eigenvalue weighted by atomic mass is 35.5. The molecule has 0 spiro atoms. The third-order valence-electron chi connectivity index (χ3n) is 8.15. The summed E-state index contributed by atoms with van der Waals surface area (Å²) in [5, 5.41) is 1.31. The molecule has 7 nitrogen and oxygen atoms in total. The van der Waals surface area contributed by atoms with Gasteiger partial charge in [-0.1, -0.05) is 24.6 Å². The maximum Gasteiger partial charge on any atom is 0.419 e. The second kappa shape index (κ2) is 8.26. The number of nitrogens with two attached hydrogens (primary N) is 1. The molecule has 3 atom stereocenters. The number of fused-ring (bicyclic) bond motifs is 1. The fourth-order valence-electron chi connectivity index (χ4n) is 6.92. The number of hydrogen-bond acceptors (Lipinski definition) is 4. The number of halogens is 1. The first-order chi connectivity index (χ1) is 16.4. The van der Waals surface area contributed by atoms with Gasteiger partial charge in [-0.25, -0.2) is 4.79 Å². The quantitative estimate of drug-likeness (QED) is 0.624. The maximum absolute atomic E-state index is 13.6. The zero-order chi connectivity index (χ0) is 25.3. The molecule has 4 fully saturated rings. The molecular weight excluding hydrogens is 466 g/mol. The van der Waals surface area contributed by atoms with Crippen LogP contribution in [0.1, 0.15) is 77.7 Å². The number of carbonyl (C=O) groups excluding carboxylic acids is 3. The van der Waals surface area contributed by atoms with Crippen molar-refractivity contribution in [3.8, 4) is 0 Å². The van der Waals surface area contributed by atoms with Gasteiger partial charge >= 0.3 is 6.09 Å². The van der Waals surface area contributed by atoms with Gasteiger partial charge in [-0.2, -0.15) is 0 Å². The zero-order valence-electron chi connectivity index (χ0n) is 20.8. The van der Waals surface area contributed by atoms with Gasteiger partial charge in [-0.3, -0.25) is 14.2 Å². The Morgan fingerprint density at radius 3 is 2.43 bits per heavy atom. The number of carbonyl (C=O) groups is 3. The highest BCUT2D eigenvalue weighted by Crippen LogP contribution is 2.56. The van der Waals surface area contributed by atoms with Crippen LogP contribution in [0.2, 0.25) is 5.02 Å². The topological polar surface area (TPSA) is 94.6 Å². The molecule has 2 aliphatic heterocycles. The second-order valence-electron chi connectivity index (χ2n) is 11.9. The Kier molecular flexibility index (Phi) is 5.70. The summed E-state index contributed by atoms with van der Waals surface area (Å²) in [6.45, 7) is 7.48. The van der Waals surface area contributed by atoms with Gasteiger partial charge in [0.25, 0.3) is 0 Å². The van der Waals surface area contributed by atoms with Gasteiger partial charge in [0, 0.05) is 30.1 Å². The van der Waals surface area contributed by atoms with Crippen molar-refractivity contribution in [2.45, 2.75) is 89.8 Å². The molecule has 2 saturated heterocycles. The molecular formula is C27H34ClN3O4. The molecule has 1 aromatic carbocycles. The van der Waals surface area contributed by atoms with Gasteiger partial charge in [0.1, 0.15) is 5.60 Å². The van der Waals surface area contributed by atoms with E-state index in [-0.39, 0.29) is 29.8 Å². The predicted octanol–water partition coefficient (Wildman–Crippen LogP) is 5.22. The number of hydrogen-bond donors (Lipinski definition) is 1. The summed E-state index contributed by atoms with van der Waals surface area (Å²) < 4.78 is 7.09. The third-order valence-corrected chi connectivity index (χ3v) is 8.47. The molecule has 35 heavy (non-hydrogen) atoms. The van der Waals surface area contributed by atoms with Crippen molar-refractivity contribution in [1.29, 1.82) is 0 Å². The minimum atomic E-state index is -0.636. The fraction of sp³-hybridized carbons (Fsp3) is 0.593. The number of benzene rings is 1. The summed E-state index contributed by atoms with van der Waals surface area (Å²) in [5.74, 6) is 0.209. The second-order valence-corrected chi connectivity index (χ2v) is 12.3. The zero-order valence-corrected chi connectivity index (χ0v) is 21.6. The predicted molar refractivity (Wildman–Crippen MR) is 134 cm³/mol. The van der Waals surface area contributed by atoms with Gasteiger partial charge in [0.15, 0.2) is 0 Å². The van der Waals surface area contributed by atoms with Crippen LogP contribution in [0.4, 0.5) is 4.79 Å². The van der Waals surface area contributed by atoms with Crippen molar-refractivity contribution in [2.75, 3.05) is 0 Å². The lowest BCUT2D eigenvalue weighted by Gasteiger charge is -2.60. The van der Waals surface area contributed by atoms with Gasteiger partial charge in [0.2, 0.25) is 11.8 Å². The Bertz CT molecular complexity index is 1200. The van der Waals surface area contributed by atoms with Gasteiger partial charge < -0.3 is 15.4 Å². The van der Waals surface area contributed by atoms with Crippen molar-refractivity contribution in [3.63, 3.8) is 0 Å². The molecule has 1 aromatic heterocycles. The van der Waals surface area contributed by atoms with Crippen molar-refractivity contribution in [1.82, 2.24) is 9.47 Å². The van der Waals surface area contributed by atoms with Crippen LogP contribution in [-0.2, 0) is 14.3 Å². The molecule has 2 saturated carbocycles. The maximum atomic E-state index is 13.6. The molecule has 4 bridgehead atoms. The normalized spacial score (nSPS) is 28.4. The van der Waals surface area contributed by atoms with E-state index in [1.165, 1.54) is 4.57 Å². The first-order valence-corrected chi connectivity index (χ1v) is 12.9. The largest absolute Gasteiger partial charge is 0.443 e. The molecule has 3 unspecified atom stereocenters. The summed E-state index contributed by atoms with van der Waals surface area (Å²) >= 11 is 6.58. The molecule has 0 radical (unpaired) electrons. The summed E-state index contributed by atoms with van der Waals surface area (Å²) in [6, 6.07) is 5.61. The highest BCUT2D eigenvalue weighted by Gasteiger charge is 2.58. The Labute approximate surface area is 210 Å². The number of nitrogens with zero attached hydrogens (tertiary/aromatic N) is 2. The van der Waals surface area contributed by atoms with E-state index < -0.39 is 17.1 Å². The van der Waals surface area contributed by atoms with Crippen molar-refractivity contribution < 1.29 is 19.1 Å². The summed E-state index contributed by atoms with van der Waals surface area (Å²) in [6.07, 6.45) is 5.73. The van der Waals surface area contributed by atoms with E-state index in [0.29, 0.717) is 35.7 Å². The van der Waals surface area contributed by atoms with E-state index in [2.05, 4.69) is 0 Å². The molecule has 2 aliphatic carbocycles. The lowest BCUT2D eigenvalue weighted by molar-refractivity contribution is -0.166. The first-order valence-electron chi connectivity index (χ1n) is 12.5. The van der Waals surface area contributed by atoms with E-state index in [9.17, 15) is 14.4 Å². The first kappa shape index (κ1) is 24.2. The van der Waals surface area contributed by atoms with Crippen LogP contribution in [-0.4, -0.2) is 45.1 Å². The minimum Gasteiger partial charge on any atom is -0.443 e. The third kappa shape index (κ3) is 4.11. The minimum absolute atomic E-state index is 0.0835. The average molecular weight is 500 g/mol. The van der Waals surface area contributed by atoms with E-state index in [1.54, 1.807) is 18.3 Å². The summed E-state index contributed by atoms with van der Waals surface area (Å²) in [7, 11) is 0. The van der Waals surface area contributed by atoms with Crippen LogP contribution in [0, 0.1) is 11.3 Å². The lowest BCUT2D eigenvalue weighted by atomic mass is 9.55. The van der Waals surface area contributed by atoms with E-state index in [4.69, 9.17) is 22.1 Å². The van der Waals surface area contributed by atoms with Crippen molar-refractivity contribution in [3.05, 3.63) is 35.0 Å². The van der Waals surface area contributed by atoms with Crippen LogP contribution in [0.25, 0.3) is 10.9 Å². The Hall–Kier alpha value is -2.54. The summed E-state index contributed by atoms with van der Waals surface area (Å²) in [4.78, 5) is 40.8. The van der Waals surface area contributed by atoms with Gasteiger partial charge in [0.05, 0.1) is 16.0 Å². The number of piperidine rings is 2. The molecule has 8 heteroatoms. The molecule has 6 rings (SSSR count). The molecule has 4 aliphatic rings. The van der Waals surface area contributed by atoms with Gasteiger partial charge in [-0.15, -0.1) is 0 Å². The monoisotopic (exact) mass is 499 g/mol. The molecule has 188 valence electrons. The van der Waals surface area contributed by atoms with E-state index in [0.717, 1.165) is 30.2 Å². The summed E-state index contributed by atoms with van der Waals surface area (Å²) in [5.41, 5.74) is 6.25. The SMILES string of the molecule is CC(CC(=O)N1C2CC3CC1CC(C(N)=O)(C3)C2)c1cn(C(=O)OC(C)(C)C)c2cccc(Cl)c12. The van der Waals surface area contributed by atoms with Crippen LogP contribution in [0.5, 0.6) is 0 Å². The van der Waals surface area contributed by atoms with E-state index >= 15 is 0 Å². The average Bonchev–Trinajstić information content (AvgIpc) is 3.13. The number of amides is 2. The number of ether oxygens (including phenoxy) is 1. The highest BCUT2D eigenvalue weighted by molar-refractivity contribution is 6.36. The van der Waals surface area contributed by atoms with Gasteiger partial charge in [-0.05, 0) is 82.4 Å². The van der Waals surface area contributed by atoms with Crippen LogP contribution in [0.3, 0.4) is 0 Å². The number of rotatable bonds is 4. The molecule has 3 heterocycles. The fourth-order valence-corrected chi connectivity index (χ4v) is 7.20. The standard InChI is InChI=1S/C27H34ClN3O4/c1-15(8-22(32)31-17-9-16-10-18(31)13-27(11-16,12-17)24(29)33)19-14-30(25(34)35-26(2,3)4)21-7-5-6-20(28)23(19)21/h5-7,14-18H,8-13H2,1-4H3,(H2,29,33). The van der Waals surface area contributed by atoms with E-state index in [1.807, 2.05) is 38.7 Å². The molecule has 2 amide bonds. The number of primary amides is 1. The lowest BCUT2D eigenvalue weighted by Crippen LogP contribution is -2.65. The Morgan fingerprint density at radius 1 is 1.17 bits per heavy atom.